The molecule has 1 fully saturated rings. The van der Waals surface area contributed by atoms with E-state index in [4.69, 9.17) is 0 Å². The smallest absolute Gasteiger partial charge is 0.314 e. The summed E-state index contributed by atoms with van der Waals surface area (Å²) in [6.07, 6.45) is -3.13. The Balaban J connectivity index is 2.24. The highest BCUT2D eigenvalue weighted by molar-refractivity contribution is 4.76. The van der Waals surface area contributed by atoms with Crippen molar-refractivity contribution < 1.29 is 13.2 Å². The lowest BCUT2D eigenvalue weighted by atomic mass is 10.1. The highest BCUT2D eigenvalue weighted by atomic mass is 19.4. The van der Waals surface area contributed by atoms with Crippen LogP contribution in [0.1, 0.15) is 19.3 Å². The monoisotopic (exact) mass is 153 g/mol. The second kappa shape index (κ2) is 2.78. The minimum Gasteiger partial charge on any atom is -0.314 e. The molecule has 0 aliphatic carbocycles. The first-order valence-electron chi connectivity index (χ1n) is 3.38. The molecule has 10 heavy (non-hydrogen) atoms. The second-order valence-electron chi connectivity index (χ2n) is 2.61. The fourth-order valence-electron chi connectivity index (χ4n) is 1.21. The van der Waals surface area contributed by atoms with Gasteiger partial charge in [0.15, 0.2) is 0 Å². The summed E-state index contributed by atoms with van der Waals surface area (Å²) >= 11 is 0. The van der Waals surface area contributed by atoms with Gasteiger partial charge in [0.2, 0.25) is 0 Å². The van der Waals surface area contributed by atoms with E-state index >= 15 is 0 Å². The Morgan fingerprint density at radius 1 is 1.40 bits per heavy atom. The van der Waals surface area contributed by atoms with Gasteiger partial charge in [-0.3, -0.25) is 0 Å². The van der Waals surface area contributed by atoms with Gasteiger partial charge in [0.05, 0.1) is 6.42 Å². The van der Waals surface area contributed by atoms with E-state index < -0.39 is 12.6 Å². The Hall–Kier alpha value is -0.250. The zero-order valence-corrected chi connectivity index (χ0v) is 5.54. The Morgan fingerprint density at radius 3 is 2.50 bits per heavy atom. The van der Waals surface area contributed by atoms with Gasteiger partial charge in [0.25, 0.3) is 0 Å². The first-order chi connectivity index (χ1) is 4.58. The lowest BCUT2D eigenvalue weighted by Gasteiger charge is -2.11. The molecule has 0 aromatic rings. The van der Waals surface area contributed by atoms with Crippen molar-refractivity contribution in [2.75, 3.05) is 6.54 Å². The van der Waals surface area contributed by atoms with Gasteiger partial charge in [-0.25, -0.2) is 0 Å². The lowest BCUT2D eigenvalue weighted by molar-refractivity contribution is -0.139. The van der Waals surface area contributed by atoms with Gasteiger partial charge in [0.1, 0.15) is 0 Å². The highest BCUT2D eigenvalue weighted by Gasteiger charge is 2.32. The van der Waals surface area contributed by atoms with E-state index in [0.29, 0.717) is 6.42 Å². The van der Waals surface area contributed by atoms with Gasteiger partial charge in [-0.15, -0.1) is 0 Å². The van der Waals surface area contributed by atoms with E-state index in [9.17, 15) is 13.2 Å². The Morgan fingerprint density at radius 2 is 2.10 bits per heavy atom. The molecule has 1 atom stereocenters. The molecule has 1 heterocycles. The molecule has 1 rings (SSSR count). The summed E-state index contributed by atoms with van der Waals surface area (Å²) in [6, 6.07) is -0.319. The van der Waals surface area contributed by atoms with E-state index in [-0.39, 0.29) is 6.04 Å². The van der Waals surface area contributed by atoms with Crippen molar-refractivity contribution in [1.29, 1.82) is 0 Å². The van der Waals surface area contributed by atoms with Crippen LogP contribution >= 0.6 is 0 Å². The van der Waals surface area contributed by atoms with Crippen LogP contribution in [0.25, 0.3) is 0 Å². The summed E-state index contributed by atoms with van der Waals surface area (Å²) in [6.45, 7) is 0.737. The number of alkyl halides is 3. The summed E-state index contributed by atoms with van der Waals surface area (Å²) < 4.78 is 35.0. The van der Waals surface area contributed by atoms with Crippen molar-refractivity contribution in [2.24, 2.45) is 0 Å². The van der Waals surface area contributed by atoms with Crippen LogP contribution in [0.2, 0.25) is 0 Å². The standard InChI is InChI=1S/C6H10F3N/c7-6(8,9)4-5-2-1-3-10-5/h5,10H,1-4H2/t5-/m0/s1. The first-order valence-corrected chi connectivity index (χ1v) is 3.38. The molecule has 1 aliphatic rings. The van der Waals surface area contributed by atoms with Gasteiger partial charge < -0.3 is 5.32 Å². The topological polar surface area (TPSA) is 12.0 Å². The van der Waals surface area contributed by atoms with Crippen LogP contribution in [0.4, 0.5) is 13.2 Å². The normalized spacial score (nSPS) is 27.3. The number of hydrogen-bond donors (Lipinski definition) is 1. The van der Waals surface area contributed by atoms with Crippen molar-refractivity contribution in [3.05, 3.63) is 0 Å². The zero-order valence-electron chi connectivity index (χ0n) is 5.54. The fraction of sp³-hybridized carbons (Fsp3) is 1.00. The van der Waals surface area contributed by atoms with Gasteiger partial charge in [0, 0.05) is 6.04 Å². The molecule has 1 aliphatic heterocycles. The third-order valence-corrected chi connectivity index (χ3v) is 1.64. The van der Waals surface area contributed by atoms with E-state index in [1.807, 2.05) is 0 Å². The Kier molecular flexibility index (Phi) is 2.18. The summed E-state index contributed by atoms with van der Waals surface area (Å²) in [5, 5.41) is 2.79. The molecule has 4 heteroatoms. The summed E-state index contributed by atoms with van der Waals surface area (Å²) in [4.78, 5) is 0. The molecule has 1 N–H and O–H groups in total. The fourth-order valence-corrected chi connectivity index (χ4v) is 1.21. The van der Waals surface area contributed by atoms with Gasteiger partial charge >= 0.3 is 6.18 Å². The molecule has 0 radical (unpaired) electrons. The van der Waals surface area contributed by atoms with Crippen LogP contribution in [-0.4, -0.2) is 18.8 Å². The summed E-state index contributed by atoms with van der Waals surface area (Å²) in [5.41, 5.74) is 0. The SMILES string of the molecule is FC(F)(F)C[C@@H]1CCCN1. The molecule has 60 valence electrons. The van der Waals surface area contributed by atoms with Gasteiger partial charge in [-0.05, 0) is 19.4 Å². The molecule has 0 spiro atoms. The highest BCUT2D eigenvalue weighted by Crippen LogP contribution is 2.24. The molecular weight excluding hydrogens is 143 g/mol. The van der Waals surface area contributed by atoms with E-state index in [2.05, 4.69) is 5.32 Å². The van der Waals surface area contributed by atoms with Crippen LogP contribution in [0.5, 0.6) is 0 Å². The van der Waals surface area contributed by atoms with Crippen molar-refractivity contribution in [3.63, 3.8) is 0 Å². The molecule has 0 amide bonds. The molecule has 0 saturated carbocycles. The Bertz CT molecular complexity index is 104. The summed E-state index contributed by atoms with van der Waals surface area (Å²) in [5.74, 6) is 0. The van der Waals surface area contributed by atoms with Gasteiger partial charge in [-0.2, -0.15) is 13.2 Å². The predicted octanol–water partition coefficient (Wildman–Crippen LogP) is 1.69. The van der Waals surface area contributed by atoms with Gasteiger partial charge in [-0.1, -0.05) is 0 Å². The molecule has 0 bridgehead atoms. The van der Waals surface area contributed by atoms with E-state index in [1.54, 1.807) is 0 Å². The average Bonchev–Trinajstić information content (AvgIpc) is 2.12. The molecular formula is C6H10F3N. The second-order valence-corrected chi connectivity index (χ2v) is 2.61. The van der Waals surface area contributed by atoms with Crippen molar-refractivity contribution >= 4 is 0 Å². The zero-order chi connectivity index (χ0) is 7.61. The average molecular weight is 153 g/mol. The number of nitrogens with one attached hydrogen (secondary N) is 1. The third-order valence-electron chi connectivity index (χ3n) is 1.64. The number of hydrogen-bond acceptors (Lipinski definition) is 1. The lowest BCUT2D eigenvalue weighted by Crippen LogP contribution is -2.27. The van der Waals surface area contributed by atoms with Crippen molar-refractivity contribution in [1.82, 2.24) is 5.32 Å². The largest absolute Gasteiger partial charge is 0.390 e. The molecule has 1 nitrogen and oxygen atoms in total. The Labute approximate surface area is 57.6 Å². The molecule has 0 aromatic heterocycles. The van der Waals surface area contributed by atoms with E-state index in [0.717, 1.165) is 13.0 Å². The number of halogens is 3. The summed E-state index contributed by atoms with van der Waals surface area (Å²) in [7, 11) is 0. The van der Waals surface area contributed by atoms with Crippen LogP contribution in [0.15, 0.2) is 0 Å². The molecule has 0 aromatic carbocycles. The third kappa shape index (κ3) is 2.56. The van der Waals surface area contributed by atoms with Crippen molar-refractivity contribution in [2.45, 2.75) is 31.5 Å². The minimum atomic E-state index is -4.00. The first kappa shape index (κ1) is 7.85. The minimum absolute atomic E-state index is 0.319. The van der Waals surface area contributed by atoms with Crippen molar-refractivity contribution in [3.8, 4) is 0 Å². The number of rotatable bonds is 1. The molecule has 0 unspecified atom stereocenters. The van der Waals surface area contributed by atoms with Crippen LogP contribution in [0, 0.1) is 0 Å². The maximum atomic E-state index is 11.7. The maximum Gasteiger partial charge on any atom is 0.390 e. The predicted molar refractivity (Wildman–Crippen MR) is 31.7 cm³/mol. The van der Waals surface area contributed by atoms with E-state index in [1.165, 1.54) is 0 Å². The maximum absolute atomic E-state index is 11.7. The van der Waals surface area contributed by atoms with Crippen LogP contribution in [-0.2, 0) is 0 Å². The van der Waals surface area contributed by atoms with Crippen LogP contribution in [0.3, 0.4) is 0 Å². The molecule has 1 saturated heterocycles. The van der Waals surface area contributed by atoms with Crippen LogP contribution < -0.4 is 5.32 Å². The quantitative estimate of drug-likeness (QED) is 0.604.